The van der Waals surface area contributed by atoms with Gasteiger partial charge in [0.25, 0.3) is 0 Å². The molecule has 5 heteroatoms. The number of benzene rings is 1. The van der Waals surface area contributed by atoms with E-state index >= 15 is 0 Å². The van der Waals surface area contributed by atoms with Crippen LogP contribution in [0, 0.1) is 0 Å². The zero-order chi connectivity index (χ0) is 13.0. The molecule has 18 heavy (non-hydrogen) atoms. The maximum absolute atomic E-state index is 5.11. The first-order valence-electron chi connectivity index (χ1n) is 5.35. The van der Waals surface area contributed by atoms with E-state index in [0.717, 1.165) is 26.0 Å². The maximum atomic E-state index is 5.11. The SMILES string of the molecule is COCc1cccc(Nc2ncc(Br)cc2Br)c1. The highest BCUT2D eigenvalue weighted by atomic mass is 79.9. The molecule has 0 aliphatic carbocycles. The van der Waals surface area contributed by atoms with E-state index < -0.39 is 0 Å². The highest BCUT2D eigenvalue weighted by Gasteiger charge is 2.03. The van der Waals surface area contributed by atoms with E-state index in [0.29, 0.717) is 6.61 Å². The van der Waals surface area contributed by atoms with Crippen LogP contribution in [0.5, 0.6) is 0 Å². The number of anilines is 2. The van der Waals surface area contributed by atoms with Gasteiger partial charge < -0.3 is 10.1 Å². The van der Waals surface area contributed by atoms with Crippen molar-refractivity contribution < 1.29 is 4.74 Å². The summed E-state index contributed by atoms with van der Waals surface area (Å²) in [6, 6.07) is 10.0. The molecule has 0 fully saturated rings. The van der Waals surface area contributed by atoms with E-state index in [-0.39, 0.29) is 0 Å². The Bertz CT molecular complexity index is 546. The number of nitrogens with zero attached hydrogens (tertiary/aromatic N) is 1. The second kappa shape index (κ2) is 6.31. The molecule has 3 nitrogen and oxygen atoms in total. The van der Waals surface area contributed by atoms with Crippen molar-refractivity contribution >= 4 is 43.4 Å². The highest BCUT2D eigenvalue weighted by Crippen LogP contribution is 2.26. The number of aromatic nitrogens is 1. The van der Waals surface area contributed by atoms with Crippen LogP contribution in [0.1, 0.15) is 5.56 Å². The zero-order valence-corrected chi connectivity index (χ0v) is 13.0. The lowest BCUT2D eigenvalue weighted by Gasteiger charge is -2.09. The van der Waals surface area contributed by atoms with Gasteiger partial charge in [-0.2, -0.15) is 0 Å². The largest absolute Gasteiger partial charge is 0.380 e. The lowest BCUT2D eigenvalue weighted by molar-refractivity contribution is 0.185. The van der Waals surface area contributed by atoms with Crippen LogP contribution in [0.15, 0.2) is 45.5 Å². The van der Waals surface area contributed by atoms with Crippen LogP contribution in [0.4, 0.5) is 11.5 Å². The summed E-state index contributed by atoms with van der Waals surface area (Å²) in [4.78, 5) is 4.31. The zero-order valence-electron chi connectivity index (χ0n) is 9.78. The van der Waals surface area contributed by atoms with E-state index in [9.17, 15) is 0 Å². The van der Waals surface area contributed by atoms with Crippen LogP contribution in [0.2, 0.25) is 0 Å². The summed E-state index contributed by atoms with van der Waals surface area (Å²) in [7, 11) is 1.69. The van der Waals surface area contributed by atoms with Gasteiger partial charge in [-0.1, -0.05) is 12.1 Å². The fraction of sp³-hybridized carbons (Fsp3) is 0.154. The van der Waals surface area contributed by atoms with E-state index in [1.165, 1.54) is 0 Å². The van der Waals surface area contributed by atoms with Crippen molar-refractivity contribution in [3.05, 3.63) is 51.0 Å². The van der Waals surface area contributed by atoms with Gasteiger partial charge in [-0.25, -0.2) is 4.98 Å². The summed E-state index contributed by atoms with van der Waals surface area (Å²) < 4.78 is 6.96. The Balaban J connectivity index is 2.20. The van der Waals surface area contributed by atoms with E-state index in [1.807, 2.05) is 30.3 Å². The van der Waals surface area contributed by atoms with Gasteiger partial charge in [-0.15, -0.1) is 0 Å². The number of methoxy groups -OCH3 is 1. The Morgan fingerprint density at radius 3 is 2.83 bits per heavy atom. The molecule has 1 N–H and O–H groups in total. The molecule has 94 valence electrons. The number of hydrogen-bond donors (Lipinski definition) is 1. The van der Waals surface area contributed by atoms with Crippen LogP contribution in [0.3, 0.4) is 0 Å². The molecule has 2 aromatic rings. The molecule has 0 saturated heterocycles. The summed E-state index contributed by atoms with van der Waals surface area (Å²) in [5, 5.41) is 3.26. The molecule has 0 amide bonds. The van der Waals surface area contributed by atoms with Gasteiger partial charge in [0.1, 0.15) is 5.82 Å². The molecule has 0 aliphatic rings. The van der Waals surface area contributed by atoms with Crippen LogP contribution in [0.25, 0.3) is 0 Å². The van der Waals surface area contributed by atoms with Crippen LogP contribution in [-0.4, -0.2) is 12.1 Å². The first-order chi connectivity index (χ1) is 8.69. The Hall–Kier alpha value is -0.910. The van der Waals surface area contributed by atoms with Gasteiger partial charge in [0.2, 0.25) is 0 Å². The molecule has 0 saturated carbocycles. The third-order valence-electron chi connectivity index (χ3n) is 2.31. The molecule has 2 rings (SSSR count). The summed E-state index contributed by atoms with van der Waals surface area (Å²) in [6.45, 7) is 0.602. The van der Waals surface area contributed by atoms with Crippen molar-refractivity contribution in [1.29, 1.82) is 0 Å². The Morgan fingerprint density at radius 2 is 2.11 bits per heavy atom. The third-order valence-corrected chi connectivity index (χ3v) is 3.35. The van der Waals surface area contributed by atoms with Crippen LogP contribution >= 0.6 is 31.9 Å². The van der Waals surface area contributed by atoms with Crippen LogP contribution < -0.4 is 5.32 Å². The third kappa shape index (κ3) is 3.54. The first kappa shape index (κ1) is 13.5. The normalized spacial score (nSPS) is 10.4. The van der Waals surface area contributed by atoms with Crippen molar-refractivity contribution in [2.75, 3.05) is 12.4 Å². The first-order valence-corrected chi connectivity index (χ1v) is 6.93. The second-order valence-electron chi connectivity index (χ2n) is 3.74. The Morgan fingerprint density at radius 1 is 1.28 bits per heavy atom. The Kier molecular flexibility index (Phi) is 4.74. The van der Waals surface area contributed by atoms with Gasteiger partial charge in [0.15, 0.2) is 0 Å². The van der Waals surface area contributed by atoms with Gasteiger partial charge in [-0.05, 0) is 55.6 Å². The molecular formula is C13H12Br2N2O. The molecule has 0 bridgehead atoms. The smallest absolute Gasteiger partial charge is 0.144 e. The molecule has 0 aliphatic heterocycles. The molecular weight excluding hydrogens is 360 g/mol. The van der Waals surface area contributed by atoms with E-state index in [1.54, 1.807) is 13.3 Å². The summed E-state index contributed by atoms with van der Waals surface area (Å²) >= 11 is 6.85. The minimum Gasteiger partial charge on any atom is -0.380 e. The standard InChI is InChI=1S/C13H12Br2N2O/c1-18-8-9-3-2-4-11(5-9)17-13-12(15)6-10(14)7-16-13/h2-7H,8H2,1H3,(H,16,17). The molecule has 1 heterocycles. The minimum atomic E-state index is 0.602. The molecule has 0 atom stereocenters. The lowest BCUT2D eigenvalue weighted by atomic mass is 10.2. The molecule has 1 aromatic heterocycles. The van der Waals surface area contributed by atoms with Gasteiger partial charge >= 0.3 is 0 Å². The molecule has 1 aromatic carbocycles. The number of halogens is 2. The van der Waals surface area contributed by atoms with Crippen molar-refractivity contribution in [3.63, 3.8) is 0 Å². The molecule has 0 unspecified atom stereocenters. The monoisotopic (exact) mass is 370 g/mol. The maximum Gasteiger partial charge on any atom is 0.144 e. The second-order valence-corrected chi connectivity index (χ2v) is 5.51. The summed E-state index contributed by atoms with van der Waals surface area (Å²) in [6.07, 6.45) is 1.76. The number of ether oxygens (including phenoxy) is 1. The van der Waals surface area contributed by atoms with Crippen molar-refractivity contribution in [2.24, 2.45) is 0 Å². The van der Waals surface area contributed by atoms with E-state index in [2.05, 4.69) is 42.2 Å². The van der Waals surface area contributed by atoms with Crippen molar-refractivity contribution in [3.8, 4) is 0 Å². The number of rotatable bonds is 4. The number of pyridine rings is 1. The predicted octanol–water partition coefficient (Wildman–Crippen LogP) is 4.50. The summed E-state index contributed by atoms with van der Waals surface area (Å²) in [5.41, 5.74) is 2.11. The summed E-state index contributed by atoms with van der Waals surface area (Å²) in [5.74, 6) is 0.785. The van der Waals surface area contributed by atoms with Crippen molar-refractivity contribution in [2.45, 2.75) is 6.61 Å². The van der Waals surface area contributed by atoms with Gasteiger partial charge in [-0.3, -0.25) is 0 Å². The molecule has 0 spiro atoms. The predicted molar refractivity (Wildman–Crippen MR) is 80.1 cm³/mol. The average molecular weight is 372 g/mol. The highest BCUT2D eigenvalue weighted by molar-refractivity contribution is 9.11. The Labute approximate surface area is 123 Å². The van der Waals surface area contributed by atoms with Crippen LogP contribution in [-0.2, 0) is 11.3 Å². The number of nitrogens with one attached hydrogen (secondary N) is 1. The van der Waals surface area contributed by atoms with E-state index in [4.69, 9.17) is 4.74 Å². The van der Waals surface area contributed by atoms with Crippen molar-refractivity contribution in [1.82, 2.24) is 4.98 Å². The topological polar surface area (TPSA) is 34.1 Å². The number of hydrogen-bond acceptors (Lipinski definition) is 3. The lowest BCUT2D eigenvalue weighted by Crippen LogP contribution is -1.96. The quantitative estimate of drug-likeness (QED) is 0.859. The minimum absolute atomic E-state index is 0.602. The average Bonchev–Trinajstić information content (AvgIpc) is 2.34. The van der Waals surface area contributed by atoms with Gasteiger partial charge in [0.05, 0.1) is 11.1 Å². The fourth-order valence-corrected chi connectivity index (χ4v) is 2.64. The molecule has 0 radical (unpaired) electrons. The van der Waals surface area contributed by atoms with Gasteiger partial charge in [0, 0.05) is 23.5 Å². The fourth-order valence-electron chi connectivity index (χ4n) is 1.55.